The van der Waals surface area contributed by atoms with E-state index < -0.39 is 21.9 Å². The number of alkyl halides is 3. The maximum absolute atomic E-state index is 13.0. The van der Waals surface area contributed by atoms with Crippen LogP contribution in [0.1, 0.15) is 31.2 Å². The number of aromatic nitrogens is 2. The van der Waals surface area contributed by atoms with Crippen LogP contribution in [0.2, 0.25) is 0 Å². The molecule has 0 fully saturated rings. The molecule has 0 saturated carbocycles. The number of unbranched alkanes of at least 4 members (excludes halogenated alkanes) is 1. The van der Waals surface area contributed by atoms with Crippen molar-refractivity contribution in [2.45, 2.75) is 46.0 Å². The lowest BCUT2D eigenvalue weighted by molar-refractivity contribution is -0.675. The number of nitrogens with zero attached hydrogens (tertiary/aromatic N) is 2. The van der Waals surface area contributed by atoms with Crippen LogP contribution in [0, 0.1) is 6.92 Å². The molecule has 0 amide bonds. The highest BCUT2D eigenvalue weighted by Gasteiger charge is 2.32. The molecule has 0 spiro atoms. The molecule has 0 unspecified atom stereocenters. The molecule has 0 saturated heterocycles. The summed E-state index contributed by atoms with van der Waals surface area (Å²) < 4.78 is 72.8. The SMILES string of the molecule is CC[n+]1c(C)n(CCCCS(=O)(=O)O)c2cc(C(F)(F)F)ccc21. The fourth-order valence-electron chi connectivity index (χ4n) is 2.87. The number of halogens is 3. The van der Waals surface area contributed by atoms with Gasteiger partial charge in [-0.25, -0.2) is 9.13 Å². The predicted molar refractivity (Wildman–Crippen MR) is 83.2 cm³/mol. The largest absolute Gasteiger partial charge is 0.416 e. The fourth-order valence-corrected chi connectivity index (χ4v) is 3.44. The Morgan fingerprint density at radius 2 is 1.92 bits per heavy atom. The van der Waals surface area contributed by atoms with Gasteiger partial charge in [0.25, 0.3) is 15.9 Å². The molecule has 2 aromatic rings. The molecule has 5 nitrogen and oxygen atoms in total. The van der Waals surface area contributed by atoms with Gasteiger partial charge in [0.05, 0.1) is 24.4 Å². The summed E-state index contributed by atoms with van der Waals surface area (Å²) in [7, 11) is -4.02. The molecule has 0 aliphatic rings. The van der Waals surface area contributed by atoms with Crippen molar-refractivity contribution in [3.05, 3.63) is 29.6 Å². The molecule has 0 bridgehead atoms. The number of imidazole rings is 1. The zero-order valence-electron chi connectivity index (χ0n) is 13.5. The van der Waals surface area contributed by atoms with E-state index in [0.717, 1.165) is 18.0 Å². The van der Waals surface area contributed by atoms with Crippen LogP contribution < -0.4 is 4.57 Å². The van der Waals surface area contributed by atoms with Crippen LogP contribution in [-0.2, 0) is 29.4 Å². The highest BCUT2D eigenvalue weighted by molar-refractivity contribution is 7.85. The second-order valence-corrected chi connectivity index (χ2v) is 7.21. The van der Waals surface area contributed by atoms with Crippen LogP contribution in [0.15, 0.2) is 18.2 Å². The van der Waals surface area contributed by atoms with Crippen molar-refractivity contribution in [3.63, 3.8) is 0 Å². The number of hydrogen-bond acceptors (Lipinski definition) is 2. The minimum Gasteiger partial charge on any atom is -0.286 e. The van der Waals surface area contributed by atoms with Gasteiger partial charge in [-0.15, -0.1) is 0 Å². The first-order valence-electron chi connectivity index (χ1n) is 7.59. The van der Waals surface area contributed by atoms with Gasteiger partial charge < -0.3 is 0 Å². The third-order valence-corrected chi connectivity index (χ3v) is 4.82. The van der Waals surface area contributed by atoms with Gasteiger partial charge in [0.2, 0.25) is 0 Å². The number of rotatable bonds is 6. The third kappa shape index (κ3) is 4.07. The van der Waals surface area contributed by atoms with Gasteiger partial charge in [0, 0.05) is 13.0 Å². The minimum atomic E-state index is -4.42. The first-order chi connectivity index (χ1) is 11.0. The molecule has 0 atom stereocenters. The molecule has 0 radical (unpaired) electrons. The summed E-state index contributed by atoms with van der Waals surface area (Å²) in [6, 6.07) is 3.65. The molecule has 24 heavy (non-hydrogen) atoms. The smallest absolute Gasteiger partial charge is 0.286 e. The van der Waals surface area contributed by atoms with Crippen LogP contribution in [0.3, 0.4) is 0 Å². The highest BCUT2D eigenvalue weighted by atomic mass is 32.2. The zero-order chi connectivity index (χ0) is 18.1. The Hall–Kier alpha value is -1.61. The molecule has 0 aliphatic heterocycles. The lowest BCUT2D eigenvalue weighted by Gasteiger charge is -2.06. The Morgan fingerprint density at radius 1 is 1.25 bits per heavy atom. The fraction of sp³-hybridized carbons (Fsp3) is 0.533. The number of aryl methyl sites for hydroxylation is 2. The van der Waals surface area contributed by atoms with Gasteiger partial charge in [-0.3, -0.25) is 4.55 Å². The summed E-state index contributed by atoms with van der Waals surface area (Å²) in [5, 5.41) is 0. The Labute approximate surface area is 138 Å². The Bertz CT molecular complexity index is 842. The quantitative estimate of drug-likeness (QED) is 0.486. The third-order valence-electron chi connectivity index (χ3n) is 4.02. The molecular formula is C15H20F3N2O3S+. The van der Waals surface area contributed by atoms with E-state index in [0.29, 0.717) is 30.5 Å². The lowest BCUT2D eigenvalue weighted by Crippen LogP contribution is -2.35. The van der Waals surface area contributed by atoms with Crippen LogP contribution in [-0.4, -0.2) is 23.3 Å². The standard InChI is InChI=1S/C15H19F3N2O3S/c1-3-19-11(2)20(8-4-5-9-24(21,22)23)14-10-12(15(16,17)18)6-7-13(14)19/h6-7,10H,3-5,8-9H2,1-2H3/p+1. The number of benzene rings is 1. The summed E-state index contributed by atoms with van der Waals surface area (Å²) in [5.74, 6) is 0.450. The Morgan fingerprint density at radius 3 is 2.46 bits per heavy atom. The first-order valence-corrected chi connectivity index (χ1v) is 9.20. The Kier molecular flexibility index (Phi) is 5.24. The molecule has 1 aromatic carbocycles. The summed E-state index contributed by atoms with van der Waals surface area (Å²) in [6.07, 6.45) is -3.74. The van der Waals surface area contributed by atoms with Crippen molar-refractivity contribution in [2.24, 2.45) is 0 Å². The summed E-state index contributed by atoms with van der Waals surface area (Å²) in [5.41, 5.74) is 0.462. The molecule has 1 heterocycles. The van der Waals surface area contributed by atoms with Crippen molar-refractivity contribution >= 4 is 21.2 Å². The summed E-state index contributed by atoms with van der Waals surface area (Å²) in [4.78, 5) is 0. The molecular weight excluding hydrogens is 345 g/mol. The summed E-state index contributed by atoms with van der Waals surface area (Å²) >= 11 is 0. The van der Waals surface area contributed by atoms with Gasteiger partial charge in [-0.2, -0.15) is 21.6 Å². The van der Waals surface area contributed by atoms with Gasteiger partial charge >= 0.3 is 6.18 Å². The van der Waals surface area contributed by atoms with E-state index in [2.05, 4.69) is 0 Å². The van der Waals surface area contributed by atoms with Gasteiger partial charge in [0.15, 0.2) is 11.0 Å². The first kappa shape index (κ1) is 18.7. The van der Waals surface area contributed by atoms with E-state index in [4.69, 9.17) is 4.55 Å². The van der Waals surface area contributed by atoms with Crippen molar-refractivity contribution in [1.29, 1.82) is 0 Å². The van der Waals surface area contributed by atoms with E-state index in [1.54, 1.807) is 4.57 Å². The Balaban J connectivity index is 2.38. The van der Waals surface area contributed by atoms with Crippen LogP contribution in [0.5, 0.6) is 0 Å². The topological polar surface area (TPSA) is 63.2 Å². The van der Waals surface area contributed by atoms with E-state index in [9.17, 15) is 21.6 Å². The monoisotopic (exact) mass is 365 g/mol. The zero-order valence-corrected chi connectivity index (χ0v) is 14.3. The number of fused-ring (bicyclic) bond motifs is 1. The van der Waals surface area contributed by atoms with Gasteiger partial charge in [-0.05, 0) is 31.9 Å². The molecule has 0 aliphatic carbocycles. The average Bonchev–Trinajstić information content (AvgIpc) is 2.72. The molecule has 2 rings (SSSR count). The number of hydrogen-bond donors (Lipinski definition) is 1. The van der Waals surface area contributed by atoms with Crippen molar-refractivity contribution < 1.29 is 30.7 Å². The molecule has 1 aromatic heterocycles. The predicted octanol–water partition coefficient (Wildman–Crippen LogP) is 2.94. The van der Waals surface area contributed by atoms with Crippen LogP contribution >= 0.6 is 0 Å². The maximum Gasteiger partial charge on any atom is 0.416 e. The van der Waals surface area contributed by atoms with E-state index >= 15 is 0 Å². The van der Waals surface area contributed by atoms with E-state index in [-0.39, 0.29) is 12.2 Å². The average molecular weight is 365 g/mol. The molecule has 9 heteroatoms. The van der Waals surface area contributed by atoms with E-state index in [1.165, 1.54) is 6.07 Å². The second kappa shape index (κ2) is 6.72. The van der Waals surface area contributed by atoms with Crippen molar-refractivity contribution in [2.75, 3.05) is 5.75 Å². The molecule has 1 N–H and O–H groups in total. The highest BCUT2D eigenvalue weighted by Crippen LogP contribution is 2.31. The second-order valence-electron chi connectivity index (χ2n) is 5.64. The van der Waals surface area contributed by atoms with Crippen LogP contribution in [0.25, 0.3) is 11.0 Å². The van der Waals surface area contributed by atoms with E-state index in [1.807, 2.05) is 18.4 Å². The minimum absolute atomic E-state index is 0.239. The lowest BCUT2D eigenvalue weighted by atomic mass is 10.2. The summed E-state index contributed by atoms with van der Waals surface area (Å²) in [6.45, 7) is 4.73. The maximum atomic E-state index is 13.0. The van der Waals surface area contributed by atoms with Crippen molar-refractivity contribution in [3.8, 4) is 0 Å². The molecule has 134 valence electrons. The van der Waals surface area contributed by atoms with Gasteiger partial charge in [-0.1, -0.05) is 0 Å². The van der Waals surface area contributed by atoms with Gasteiger partial charge in [0.1, 0.15) is 0 Å². The van der Waals surface area contributed by atoms with Crippen LogP contribution in [0.4, 0.5) is 13.2 Å². The van der Waals surface area contributed by atoms with Crippen molar-refractivity contribution in [1.82, 2.24) is 4.57 Å². The normalized spacial score (nSPS) is 12.9.